The van der Waals surface area contributed by atoms with Crippen LogP contribution in [-0.2, 0) is 47.6 Å². The molecule has 59 heavy (non-hydrogen) atoms. The number of esters is 2. The number of aliphatic hydroxyl groups excluding tert-OH is 1. The van der Waals surface area contributed by atoms with Gasteiger partial charge in [-0.25, -0.2) is 4.79 Å². The maximum absolute atomic E-state index is 14.5. The summed E-state index contributed by atoms with van der Waals surface area (Å²) in [5.41, 5.74) is 1.32. The lowest BCUT2D eigenvalue weighted by Crippen LogP contribution is -2.66. The van der Waals surface area contributed by atoms with E-state index >= 15 is 0 Å². The summed E-state index contributed by atoms with van der Waals surface area (Å²) in [4.78, 5) is 57.0. The molecule has 336 valence electrons. The molecule has 4 aliphatic rings. The molecule has 3 heterocycles. The van der Waals surface area contributed by atoms with Crippen molar-refractivity contribution in [1.82, 2.24) is 4.90 Å². The molecule has 2 unspecified atom stereocenters. The summed E-state index contributed by atoms with van der Waals surface area (Å²) in [5.74, 6) is -5.90. The summed E-state index contributed by atoms with van der Waals surface area (Å²) in [6, 6.07) is -1.09. The third-order valence-electron chi connectivity index (χ3n) is 13.3. The molecule has 4 rings (SSSR count). The highest BCUT2D eigenvalue weighted by Gasteiger charge is 2.56. The lowest BCUT2D eigenvalue weighted by atomic mass is 9.81. The van der Waals surface area contributed by atoms with Gasteiger partial charge in [0.15, 0.2) is 11.9 Å². The van der Waals surface area contributed by atoms with Crippen LogP contribution in [0.2, 0.25) is 0 Å². The second kappa shape index (κ2) is 22.1. The maximum Gasteiger partial charge on any atom is 0.329 e. The standard InChI is InChI=1S/C45H72ClNO12/c1-11-32-19-25(2)18-26(3)20-38(55-9)41-39(56-10)22-28(5)45(53,59-41)42(50)43(51)47-17-13-12-14-34(47)44(52)58-40(29(6)36(24-35(32)49)57-30(7)48)27(4)21-31-15-16-33(46)37(23-31)54-8/h19,21,25-26,28-29,31,33-34,36-42,50,53H,11-18,20,22-24H2,1-10H3/b27-21?,32-19+/t25?,26-,28+,29-,31?,33-,34-,36-,37+,38-,39-,40+,41+,42-,45+/m0/s1. The fraction of sp³-hybridized carbons (Fsp3) is 0.822. The van der Waals surface area contributed by atoms with Crippen LogP contribution >= 0.6 is 11.6 Å². The number of aliphatic hydroxyl groups is 2. The first-order valence-corrected chi connectivity index (χ1v) is 22.2. The van der Waals surface area contributed by atoms with Crippen LogP contribution < -0.4 is 0 Å². The Hall–Kier alpha value is -2.39. The molecule has 14 heteroatoms. The van der Waals surface area contributed by atoms with E-state index in [2.05, 4.69) is 13.0 Å². The van der Waals surface area contributed by atoms with Gasteiger partial charge in [-0.05, 0) is 100 Å². The quantitative estimate of drug-likeness (QED) is 0.172. The van der Waals surface area contributed by atoms with Gasteiger partial charge in [0.2, 0.25) is 5.79 Å². The second-order valence-electron chi connectivity index (χ2n) is 17.8. The number of hydrogen-bond acceptors (Lipinski definition) is 12. The molecule has 2 saturated heterocycles. The number of Topliss-reactive ketones (excluding diaryl/α,β-unsaturated/α-hetero) is 1. The predicted molar refractivity (Wildman–Crippen MR) is 222 cm³/mol. The molecule has 0 aromatic rings. The third kappa shape index (κ3) is 12.2. The molecule has 0 aromatic heterocycles. The number of cyclic esters (lactones) is 1. The molecular weight excluding hydrogens is 782 g/mol. The number of allylic oxidation sites excluding steroid dienone is 3. The molecule has 15 atom stereocenters. The number of fused-ring (bicyclic) bond motifs is 3. The van der Waals surface area contributed by atoms with E-state index in [1.165, 1.54) is 11.8 Å². The van der Waals surface area contributed by atoms with Gasteiger partial charge in [-0.2, -0.15) is 0 Å². The number of methoxy groups -OCH3 is 3. The van der Waals surface area contributed by atoms with Crippen LogP contribution in [-0.4, -0.2) is 127 Å². The Labute approximate surface area is 356 Å². The van der Waals surface area contributed by atoms with Crippen LogP contribution in [0.5, 0.6) is 0 Å². The van der Waals surface area contributed by atoms with Crippen molar-refractivity contribution in [1.29, 1.82) is 0 Å². The number of alkyl halides is 1. The first-order chi connectivity index (χ1) is 27.9. The van der Waals surface area contributed by atoms with Gasteiger partial charge in [-0.3, -0.25) is 14.4 Å². The number of nitrogens with zero attached hydrogens (tertiary/aromatic N) is 1. The van der Waals surface area contributed by atoms with Crippen molar-refractivity contribution in [2.24, 2.45) is 29.6 Å². The van der Waals surface area contributed by atoms with E-state index in [0.29, 0.717) is 49.7 Å². The van der Waals surface area contributed by atoms with Gasteiger partial charge in [0, 0.05) is 53.1 Å². The minimum atomic E-state index is -2.32. The number of halogens is 1. The van der Waals surface area contributed by atoms with Gasteiger partial charge in [0.05, 0.1) is 23.7 Å². The SMILES string of the molecule is CC/C1=C\C(C)C[C@H](C)C[C@H](OC)[C@H]2O[C@](O)([C@H](C)C[C@@H]2OC)[C@@H](O)C(=O)N2CCCC[C@H]2C(=O)O[C@H](C(C)=CC2CC[C@H](Cl)[C@H](OC)C2)[C@@H](C)[C@@H](OC(C)=O)CC1=O. The van der Waals surface area contributed by atoms with E-state index < -0.39 is 78.1 Å². The zero-order valence-electron chi connectivity index (χ0n) is 37.0. The van der Waals surface area contributed by atoms with Crippen LogP contribution in [0.15, 0.2) is 23.3 Å². The Bertz CT molecular complexity index is 1500. The average Bonchev–Trinajstić information content (AvgIpc) is 3.20. The highest BCUT2D eigenvalue weighted by molar-refractivity contribution is 6.21. The molecular formula is C45H72ClNO12. The summed E-state index contributed by atoms with van der Waals surface area (Å²) in [6.07, 6.45) is 3.49. The molecule has 13 nitrogen and oxygen atoms in total. The first-order valence-electron chi connectivity index (χ1n) is 21.8. The fourth-order valence-corrected chi connectivity index (χ4v) is 10.2. The lowest BCUT2D eigenvalue weighted by molar-refractivity contribution is -0.346. The summed E-state index contributed by atoms with van der Waals surface area (Å²) in [5, 5.41) is 23.9. The third-order valence-corrected chi connectivity index (χ3v) is 13.8. The van der Waals surface area contributed by atoms with Crippen molar-refractivity contribution < 1.29 is 57.8 Å². The predicted octanol–water partition coefficient (Wildman–Crippen LogP) is 6.08. The Kier molecular flexibility index (Phi) is 18.5. The Morgan fingerprint density at radius 3 is 2.22 bits per heavy atom. The topological polar surface area (TPSA) is 167 Å². The Morgan fingerprint density at radius 1 is 0.932 bits per heavy atom. The molecule has 0 aromatic carbocycles. The minimum absolute atomic E-state index is 0.0164. The van der Waals surface area contributed by atoms with Crippen LogP contribution in [0, 0.1) is 29.6 Å². The summed E-state index contributed by atoms with van der Waals surface area (Å²) < 4.78 is 36.2. The number of ketones is 1. The molecule has 1 aliphatic carbocycles. The number of ether oxygens (including phenoxy) is 6. The van der Waals surface area contributed by atoms with Gasteiger partial charge in [0.1, 0.15) is 24.4 Å². The van der Waals surface area contributed by atoms with E-state index in [1.54, 1.807) is 35.2 Å². The molecule has 2 N–H and O–H groups in total. The second-order valence-corrected chi connectivity index (χ2v) is 18.4. The zero-order valence-corrected chi connectivity index (χ0v) is 37.8. The number of piperidine rings is 1. The van der Waals surface area contributed by atoms with Crippen LogP contribution in [0.4, 0.5) is 0 Å². The normalized spacial score (nSPS) is 41.2. The number of amides is 1. The molecule has 2 bridgehead atoms. The Morgan fingerprint density at radius 2 is 1.59 bits per heavy atom. The van der Waals surface area contributed by atoms with Crippen LogP contribution in [0.1, 0.15) is 119 Å². The van der Waals surface area contributed by atoms with E-state index in [4.69, 9.17) is 40.0 Å². The molecule has 3 aliphatic heterocycles. The number of hydrogen-bond donors (Lipinski definition) is 2. The van der Waals surface area contributed by atoms with E-state index in [0.717, 1.165) is 12.8 Å². The monoisotopic (exact) mass is 853 g/mol. The zero-order chi connectivity index (χ0) is 43.8. The molecule has 3 fully saturated rings. The lowest BCUT2D eigenvalue weighted by Gasteiger charge is -2.49. The van der Waals surface area contributed by atoms with Crippen molar-refractivity contribution in [2.75, 3.05) is 27.9 Å². The van der Waals surface area contributed by atoms with Crippen LogP contribution in [0.3, 0.4) is 0 Å². The van der Waals surface area contributed by atoms with Crippen molar-refractivity contribution in [3.8, 4) is 0 Å². The summed E-state index contributed by atoms with van der Waals surface area (Å²) >= 11 is 6.56. The van der Waals surface area contributed by atoms with Gasteiger partial charge in [-0.15, -0.1) is 11.6 Å². The average molecular weight is 855 g/mol. The van der Waals surface area contributed by atoms with Gasteiger partial charge in [-0.1, -0.05) is 46.8 Å². The maximum atomic E-state index is 14.5. The summed E-state index contributed by atoms with van der Waals surface area (Å²) in [6.45, 7) is 12.8. The highest BCUT2D eigenvalue weighted by Crippen LogP contribution is 2.41. The van der Waals surface area contributed by atoms with E-state index in [1.807, 2.05) is 26.8 Å². The van der Waals surface area contributed by atoms with E-state index in [9.17, 15) is 29.4 Å². The number of carbonyl (C=O) groups excluding carboxylic acids is 4. The van der Waals surface area contributed by atoms with Gasteiger partial charge >= 0.3 is 11.9 Å². The molecule has 0 radical (unpaired) electrons. The molecule has 0 spiro atoms. The fourth-order valence-electron chi connectivity index (χ4n) is 9.89. The largest absolute Gasteiger partial charge is 0.462 e. The number of carbonyl (C=O) groups is 4. The van der Waals surface area contributed by atoms with Crippen molar-refractivity contribution in [2.45, 2.75) is 179 Å². The van der Waals surface area contributed by atoms with Crippen molar-refractivity contribution in [3.63, 3.8) is 0 Å². The van der Waals surface area contributed by atoms with Crippen molar-refractivity contribution in [3.05, 3.63) is 23.3 Å². The molecule has 1 saturated carbocycles. The smallest absolute Gasteiger partial charge is 0.329 e. The first kappa shape index (κ1) is 49.3. The molecule has 1 amide bonds. The summed E-state index contributed by atoms with van der Waals surface area (Å²) in [7, 11) is 4.75. The van der Waals surface area contributed by atoms with Gasteiger partial charge < -0.3 is 43.5 Å². The minimum Gasteiger partial charge on any atom is -0.462 e. The number of rotatable bonds is 7. The van der Waals surface area contributed by atoms with Crippen molar-refractivity contribution >= 4 is 35.2 Å². The van der Waals surface area contributed by atoms with Crippen LogP contribution in [0.25, 0.3) is 0 Å². The van der Waals surface area contributed by atoms with E-state index in [-0.39, 0.29) is 60.8 Å². The van der Waals surface area contributed by atoms with Gasteiger partial charge in [0.25, 0.3) is 5.91 Å². The highest BCUT2D eigenvalue weighted by atomic mass is 35.5. The Balaban J connectivity index is 1.82.